The van der Waals surface area contributed by atoms with Gasteiger partial charge in [0.2, 0.25) is 0 Å². The largest absolute Gasteiger partial charge is 0.457 e. The van der Waals surface area contributed by atoms with Gasteiger partial charge in [0.05, 0.1) is 6.04 Å². The van der Waals surface area contributed by atoms with Gasteiger partial charge < -0.3 is 9.94 Å². The lowest BCUT2D eigenvalue weighted by Crippen LogP contribution is -2.32. The van der Waals surface area contributed by atoms with Crippen molar-refractivity contribution in [3.63, 3.8) is 0 Å². The molecule has 0 aromatic heterocycles. The van der Waals surface area contributed by atoms with E-state index in [2.05, 4.69) is 13.8 Å². The van der Waals surface area contributed by atoms with Crippen LogP contribution in [0.1, 0.15) is 46.6 Å². The molecule has 1 aromatic carbocycles. The summed E-state index contributed by atoms with van der Waals surface area (Å²) >= 11 is 0. The molecule has 4 heteroatoms. The van der Waals surface area contributed by atoms with Crippen LogP contribution in [0.25, 0.3) is 0 Å². The zero-order valence-corrected chi connectivity index (χ0v) is 14.8. The third-order valence-corrected chi connectivity index (χ3v) is 3.14. The highest BCUT2D eigenvalue weighted by molar-refractivity contribution is 5.82. The summed E-state index contributed by atoms with van der Waals surface area (Å²) in [6.45, 7) is 10.1. The maximum Gasteiger partial charge on any atom is 0.330 e. The molecule has 128 valence electrons. The maximum atomic E-state index is 11.8. The fourth-order valence-corrected chi connectivity index (χ4v) is 2.20. The number of nitrogens with zero attached hydrogens (tertiary/aromatic N) is 1. The summed E-state index contributed by atoms with van der Waals surface area (Å²) in [6.07, 6.45) is 3.88. The van der Waals surface area contributed by atoms with E-state index in [9.17, 15) is 10.0 Å². The first-order valence-electron chi connectivity index (χ1n) is 8.08. The predicted molar refractivity (Wildman–Crippen MR) is 92.0 cm³/mol. The lowest BCUT2D eigenvalue weighted by molar-refractivity contribution is -0.148. The predicted octanol–water partition coefficient (Wildman–Crippen LogP) is 4.19. The third-order valence-electron chi connectivity index (χ3n) is 3.14. The first kappa shape index (κ1) is 19.4. The number of esters is 1. The first-order chi connectivity index (χ1) is 10.7. The Morgan fingerprint density at radius 2 is 1.87 bits per heavy atom. The maximum absolute atomic E-state index is 11.8. The van der Waals surface area contributed by atoms with Crippen LogP contribution in [0.3, 0.4) is 0 Å². The van der Waals surface area contributed by atoms with Crippen molar-refractivity contribution < 1.29 is 14.7 Å². The highest BCUT2D eigenvalue weighted by Crippen LogP contribution is 2.15. The summed E-state index contributed by atoms with van der Waals surface area (Å²) in [6, 6.07) is 9.52. The van der Waals surface area contributed by atoms with E-state index in [4.69, 9.17) is 4.74 Å². The first-order valence-corrected chi connectivity index (χ1v) is 8.08. The Labute approximate surface area is 139 Å². The number of hydrogen-bond acceptors (Lipinski definition) is 4. The lowest BCUT2D eigenvalue weighted by atomic mass is 10.0. The van der Waals surface area contributed by atoms with Crippen LogP contribution in [-0.4, -0.2) is 27.9 Å². The molecule has 0 aliphatic heterocycles. The summed E-state index contributed by atoms with van der Waals surface area (Å²) in [5.41, 5.74) is 0.507. The molecule has 1 aromatic rings. The van der Waals surface area contributed by atoms with Crippen molar-refractivity contribution >= 4 is 5.97 Å². The van der Waals surface area contributed by atoms with Gasteiger partial charge in [0.1, 0.15) is 5.60 Å². The van der Waals surface area contributed by atoms with Gasteiger partial charge in [-0.3, -0.25) is 0 Å². The SMILES string of the molecule is CC(C)CC(/C=C/C(=O)OC(C)(C)C)N(O)Cc1ccccc1. The fourth-order valence-electron chi connectivity index (χ4n) is 2.20. The standard InChI is InChI=1S/C19H29NO3/c1-15(2)13-17(11-12-18(21)23-19(3,4)5)20(22)14-16-9-7-6-8-10-16/h6-12,15,17,22H,13-14H2,1-5H3/b12-11+. The van der Waals surface area contributed by atoms with Gasteiger partial charge in [-0.1, -0.05) is 50.3 Å². The van der Waals surface area contributed by atoms with Gasteiger partial charge in [0, 0.05) is 12.6 Å². The normalized spacial score (nSPS) is 13.7. The average molecular weight is 319 g/mol. The van der Waals surface area contributed by atoms with Gasteiger partial charge in [-0.15, -0.1) is 0 Å². The molecule has 0 saturated carbocycles. The molecule has 0 amide bonds. The van der Waals surface area contributed by atoms with Gasteiger partial charge in [0.25, 0.3) is 0 Å². The molecule has 0 aliphatic carbocycles. The molecule has 0 aliphatic rings. The molecule has 4 nitrogen and oxygen atoms in total. The van der Waals surface area contributed by atoms with Crippen LogP contribution in [0.4, 0.5) is 0 Å². The average Bonchev–Trinajstić information content (AvgIpc) is 2.42. The van der Waals surface area contributed by atoms with E-state index in [-0.39, 0.29) is 12.0 Å². The number of hydrogen-bond donors (Lipinski definition) is 1. The zero-order chi connectivity index (χ0) is 17.5. The minimum atomic E-state index is -0.516. The monoisotopic (exact) mass is 319 g/mol. The summed E-state index contributed by atoms with van der Waals surface area (Å²) in [5, 5.41) is 11.7. The van der Waals surface area contributed by atoms with E-state index in [1.165, 1.54) is 11.1 Å². The molecule has 0 radical (unpaired) electrons. The van der Waals surface area contributed by atoms with Crippen molar-refractivity contribution in [2.45, 2.75) is 59.2 Å². The molecule has 0 saturated heterocycles. The number of rotatable bonds is 7. The van der Waals surface area contributed by atoms with E-state index >= 15 is 0 Å². The van der Waals surface area contributed by atoms with Gasteiger partial charge >= 0.3 is 5.97 Å². The van der Waals surface area contributed by atoms with Gasteiger partial charge in [-0.25, -0.2) is 4.79 Å². The smallest absolute Gasteiger partial charge is 0.330 e. The number of ether oxygens (including phenoxy) is 1. The van der Waals surface area contributed by atoms with Crippen molar-refractivity contribution in [1.82, 2.24) is 5.06 Å². The number of benzene rings is 1. The Morgan fingerprint density at radius 3 is 2.39 bits per heavy atom. The summed E-state index contributed by atoms with van der Waals surface area (Å²) in [7, 11) is 0. The molecule has 23 heavy (non-hydrogen) atoms. The summed E-state index contributed by atoms with van der Waals surface area (Å²) < 4.78 is 5.27. The van der Waals surface area contributed by atoms with Crippen molar-refractivity contribution in [2.75, 3.05) is 0 Å². The second-order valence-corrected chi connectivity index (χ2v) is 7.17. The van der Waals surface area contributed by atoms with Crippen molar-refractivity contribution in [1.29, 1.82) is 0 Å². The molecule has 1 atom stereocenters. The van der Waals surface area contributed by atoms with E-state index in [0.717, 1.165) is 12.0 Å². The van der Waals surface area contributed by atoms with Gasteiger partial charge in [0.15, 0.2) is 0 Å². The van der Waals surface area contributed by atoms with Crippen LogP contribution < -0.4 is 0 Å². The summed E-state index contributed by atoms with van der Waals surface area (Å²) in [5.74, 6) is 0.00748. The van der Waals surface area contributed by atoms with E-state index < -0.39 is 5.60 Å². The molecule has 0 spiro atoms. The Bertz CT molecular complexity index is 503. The van der Waals surface area contributed by atoms with Gasteiger partial charge in [-0.2, -0.15) is 5.06 Å². The number of carbonyl (C=O) groups is 1. The molecule has 0 heterocycles. The Kier molecular flexibility index (Phi) is 7.46. The van der Waals surface area contributed by atoms with Crippen LogP contribution in [0.15, 0.2) is 42.5 Å². The van der Waals surface area contributed by atoms with Crippen LogP contribution in [0.5, 0.6) is 0 Å². The van der Waals surface area contributed by atoms with Crippen molar-refractivity contribution in [2.24, 2.45) is 5.92 Å². The molecular weight excluding hydrogens is 290 g/mol. The van der Waals surface area contributed by atoms with E-state index in [1.54, 1.807) is 6.08 Å². The highest BCUT2D eigenvalue weighted by atomic mass is 16.6. The van der Waals surface area contributed by atoms with Crippen molar-refractivity contribution in [3.8, 4) is 0 Å². The molecule has 0 fully saturated rings. The minimum Gasteiger partial charge on any atom is -0.457 e. The fraction of sp³-hybridized carbons (Fsp3) is 0.526. The van der Waals surface area contributed by atoms with E-state index in [0.29, 0.717) is 12.5 Å². The van der Waals surface area contributed by atoms with Crippen LogP contribution >= 0.6 is 0 Å². The molecular formula is C19H29NO3. The zero-order valence-electron chi connectivity index (χ0n) is 14.8. The van der Waals surface area contributed by atoms with Crippen LogP contribution in [0, 0.1) is 5.92 Å². The third kappa shape index (κ3) is 8.53. The minimum absolute atomic E-state index is 0.234. The second-order valence-electron chi connectivity index (χ2n) is 7.17. The quantitative estimate of drug-likeness (QED) is 0.465. The number of carbonyl (C=O) groups excluding carboxylic acids is 1. The van der Waals surface area contributed by atoms with Crippen LogP contribution in [-0.2, 0) is 16.1 Å². The Morgan fingerprint density at radius 1 is 1.26 bits per heavy atom. The topological polar surface area (TPSA) is 49.8 Å². The molecule has 1 N–H and O–H groups in total. The Balaban J connectivity index is 2.73. The van der Waals surface area contributed by atoms with Crippen molar-refractivity contribution in [3.05, 3.63) is 48.0 Å². The van der Waals surface area contributed by atoms with Crippen LogP contribution in [0.2, 0.25) is 0 Å². The lowest BCUT2D eigenvalue weighted by Gasteiger charge is -2.25. The Hall–Kier alpha value is -1.65. The molecule has 1 rings (SSSR count). The number of hydroxylamine groups is 2. The molecule has 1 unspecified atom stereocenters. The second kappa shape index (κ2) is 8.85. The van der Waals surface area contributed by atoms with E-state index in [1.807, 2.05) is 51.1 Å². The molecule has 0 bridgehead atoms. The van der Waals surface area contributed by atoms with Gasteiger partial charge in [-0.05, 0) is 38.7 Å². The highest BCUT2D eigenvalue weighted by Gasteiger charge is 2.18. The summed E-state index contributed by atoms with van der Waals surface area (Å²) in [4.78, 5) is 11.8.